The minimum Gasteiger partial charge on any atom is -0.355 e. The van der Waals surface area contributed by atoms with Crippen LogP contribution in [0, 0.1) is 0 Å². The van der Waals surface area contributed by atoms with Gasteiger partial charge in [0.2, 0.25) is 5.91 Å². The molecule has 0 spiro atoms. The topological polar surface area (TPSA) is 98.9 Å². The molecule has 0 saturated heterocycles. The van der Waals surface area contributed by atoms with Gasteiger partial charge in [-0.25, -0.2) is 4.98 Å². The Morgan fingerprint density at radius 3 is 2.56 bits per heavy atom. The first kappa shape index (κ1) is 18.5. The van der Waals surface area contributed by atoms with Crippen molar-refractivity contribution >= 4 is 17.1 Å². The number of nitrogens with zero attached hydrogens (tertiary/aromatic N) is 4. The third-order valence-electron chi connectivity index (χ3n) is 4.23. The van der Waals surface area contributed by atoms with E-state index in [1.54, 1.807) is 42.9 Å². The summed E-state index contributed by atoms with van der Waals surface area (Å²) in [6.45, 7) is 2.56. The van der Waals surface area contributed by atoms with Crippen LogP contribution in [0.3, 0.4) is 0 Å². The summed E-state index contributed by atoms with van der Waals surface area (Å²) < 4.78 is 2.52. The molecule has 0 radical (unpaired) electrons. The van der Waals surface area contributed by atoms with Crippen LogP contribution in [0.15, 0.2) is 52.4 Å². The van der Waals surface area contributed by atoms with Crippen molar-refractivity contribution in [1.29, 1.82) is 0 Å². The van der Waals surface area contributed by atoms with Crippen molar-refractivity contribution in [3.8, 4) is 0 Å². The van der Waals surface area contributed by atoms with Gasteiger partial charge in [0.1, 0.15) is 6.54 Å². The van der Waals surface area contributed by atoms with Gasteiger partial charge in [0.15, 0.2) is 5.65 Å². The van der Waals surface area contributed by atoms with Gasteiger partial charge in [-0.05, 0) is 36.2 Å². The van der Waals surface area contributed by atoms with E-state index in [1.165, 1.54) is 9.13 Å². The van der Waals surface area contributed by atoms with Crippen LogP contribution in [-0.2, 0) is 17.9 Å². The van der Waals surface area contributed by atoms with E-state index in [9.17, 15) is 14.4 Å². The van der Waals surface area contributed by atoms with E-state index in [1.807, 2.05) is 6.92 Å². The van der Waals surface area contributed by atoms with Crippen molar-refractivity contribution in [1.82, 2.24) is 24.4 Å². The fourth-order valence-electron chi connectivity index (χ4n) is 2.82. The second kappa shape index (κ2) is 8.39. The third-order valence-corrected chi connectivity index (χ3v) is 4.23. The Balaban J connectivity index is 2.03. The number of hydrogen-bond acceptors (Lipinski definition) is 5. The molecule has 3 aromatic heterocycles. The van der Waals surface area contributed by atoms with Gasteiger partial charge in [-0.1, -0.05) is 13.3 Å². The molecule has 3 heterocycles. The normalized spacial score (nSPS) is 10.9. The number of fused-ring (bicyclic) bond motifs is 1. The molecule has 1 amide bonds. The second-order valence-corrected chi connectivity index (χ2v) is 6.19. The van der Waals surface area contributed by atoms with Gasteiger partial charge in [-0.15, -0.1) is 0 Å². The summed E-state index contributed by atoms with van der Waals surface area (Å²) in [6.07, 6.45) is 6.62. The third kappa shape index (κ3) is 4.11. The van der Waals surface area contributed by atoms with Gasteiger partial charge in [0.05, 0.1) is 12.1 Å². The van der Waals surface area contributed by atoms with E-state index >= 15 is 0 Å². The number of amides is 1. The van der Waals surface area contributed by atoms with Gasteiger partial charge in [-0.3, -0.25) is 28.5 Å². The first-order chi connectivity index (χ1) is 13.1. The summed E-state index contributed by atoms with van der Waals surface area (Å²) in [4.78, 5) is 45.8. The molecule has 0 aliphatic carbocycles. The van der Waals surface area contributed by atoms with E-state index in [2.05, 4.69) is 15.3 Å². The Hall–Kier alpha value is -3.29. The molecule has 3 rings (SSSR count). The lowest BCUT2D eigenvalue weighted by Crippen LogP contribution is -2.44. The lowest BCUT2D eigenvalue weighted by Gasteiger charge is -2.14. The van der Waals surface area contributed by atoms with Crippen molar-refractivity contribution in [3.05, 3.63) is 69.1 Å². The summed E-state index contributed by atoms with van der Waals surface area (Å²) in [7, 11) is 0. The quantitative estimate of drug-likeness (QED) is 0.494. The van der Waals surface area contributed by atoms with Gasteiger partial charge in [-0.2, -0.15) is 0 Å². The monoisotopic (exact) mass is 367 g/mol. The molecule has 8 nitrogen and oxygen atoms in total. The molecule has 0 saturated carbocycles. The Morgan fingerprint density at radius 2 is 1.81 bits per heavy atom. The Morgan fingerprint density at radius 1 is 1.07 bits per heavy atom. The maximum Gasteiger partial charge on any atom is 0.318 e. The number of pyridine rings is 2. The van der Waals surface area contributed by atoms with Crippen molar-refractivity contribution in [3.63, 3.8) is 0 Å². The number of hydrogen-bond donors (Lipinski definition) is 1. The highest BCUT2D eigenvalue weighted by Crippen LogP contribution is 2.09. The van der Waals surface area contributed by atoms with Crippen LogP contribution in [0.5, 0.6) is 0 Å². The number of aromatic nitrogens is 4. The molecule has 0 unspecified atom stereocenters. The van der Waals surface area contributed by atoms with Crippen molar-refractivity contribution in [2.45, 2.75) is 32.9 Å². The number of carbonyl (C=O) groups excluding carboxylic acids is 1. The average molecular weight is 367 g/mol. The van der Waals surface area contributed by atoms with Gasteiger partial charge in [0.25, 0.3) is 0 Å². The first-order valence-corrected chi connectivity index (χ1v) is 8.85. The molecule has 27 heavy (non-hydrogen) atoms. The molecule has 0 aliphatic rings. The molecule has 0 aliphatic heterocycles. The average Bonchev–Trinajstić information content (AvgIpc) is 2.69. The smallest absolute Gasteiger partial charge is 0.318 e. The molecular weight excluding hydrogens is 346 g/mol. The van der Waals surface area contributed by atoms with Crippen LogP contribution in [0.25, 0.3) is 11.2 Å². The van der Waals surface area contributed by atoms with E-state index in [-0.39, 0.29) is 19.0 Å². The van der Waals surface area contributed by atoms with Crippen molar-refractivity contribution < 1.29 is 4.79 Å². The van der Waals surface area contributed by atoms with E-state index < -0.39 is 11.1 Å². The van der Waals surface area contributed by atoms with Gasteiger partial charge in [0, 0.05) is 25.1 Å². The fourth-order valence-corrected chi connectivity index (χ4v) is 2.82. The second-order valence-electron chi connectivity index (χ2n) is 6.19. The van der Waals surface area contributed by atoms with E-state index in [0.29, 0.717) is 17.7 Å². The standard InChI is InChI=1S/C19H21N5O3/c1-2-3-8-21-16(25)13-23-15-5-4-9-22-17(15)24(19(27)18(23)26)12-14-6-10-20-11-7-14/h4-7,9-11H,2-3,8,12-13H2,1H3,(H,21,25). The highest BCUT2D eigenvalue weighted by atomic mass is 16.2. The highest BCUT2D eigenvalue weighted by Gasteiger charge is 2.16. The van der Waals surface area contributed by atoms with Gasteiger partial charge >= 0.3 is 11.1 Å². The summed E-state index contributed by atoms with van der Waals surface area (Å²) in [5.74, 6) is -0.304. The van der Waals surface area contributed by atoms with Crippen LogP contribution in [0.1, 0.15) is 25.3 Å². The lowest BCUT2D eigenvalue weighted by atomic mass is 10.2. The summed E-state index contributed by atoms with van der Waals surface area (Å²) in [5, 5.41) is 2.76. The molecular formula is C19H21N5O3. The van der Waals surface area contributed by atoms with E-state index in [4.69, 9.17) is 0 Å². The molecule has 1 N–H and O–H groups in total. The molecule has 8 heteroatoms. The highest BCUT2D eigenvalue weighted by molar-refractivity contribution is 5.78. The van der Waals surface area contributed by atoms with E-state index in [0.717, 1.165) is 18.4 Å². The van der Waals surface area contributed by atoms with Crippen LogP contribution in [0.2, 0.25) is 0 Å². The van der Waals surface area contributed by atoms with Crippen molar-refractivity contribution in [2.24, 2.45) is 0 Å². The maximum absolute atomic E-state index is 12.7. The zero-order chi connectivity index (χ0) is 19.2. The molecule has 0 aromatic carbocycles. The molecule has 0 bridgehead atoms. The summed E-state index contributed by atoms with van der Waals surface area (Å²) >= 11 is 0. The number of unbranched alkanes of at least 4 members (excludes halogenated alkanes) is 1. The van der Waals surface area contributed by atoms with Crippen LogP contribution in [0.4, 0.5) is 0 Å². The predicted octanol–water partition coefficient (Wildman–Crippen LogP) is 0.918. The Bertz CT molecular complexity index is 1060. The van der Waals surface area contributed by atoms with Crippen LogP contribution in [-0.4, -0.2) is 31.6 Å². The first-order valence-electron chi connectivity index (χ1n) is 8.85. The van der Waals surface area contributed by atoms with Crippen LogP contribution < -0.4 is 16.4 Å². The van der Waals surface area contributed by atoms with Crippen LogP contribution >= 0.6 is 0 Å². The SMILES string of the molecule is CCCCNC(=O)Cn1c(=O)c(=O)n(Cc2ccncc2)c2ncccc21. The number of rotatable bonds is 7. The molecule has 140 valence electrons. The maximum atomic E-state index is 12.7. The van der Waals surface area contributed by atoms with Crippen molar-refractivity contribution in [2.75, 3.05) is 6.54 Å². The number of nitrogens with one attached hydrogen (secondary N) is 1. The fraction of sp³-hybridized carbons (Fsp3) is 0.316. The molecule has 0 fully saturated rings. The Labute approximate surface area is 155 Å². The lowest BCUT2D eigenvalue weighted by molar-refractivity contribution is -0.121. The summed E-state index contributed by atoms with van der Waals surface area (Å²) in [5.41, 5.74) is 0.185. The Kier molecular flexibility index (Phi) is 5.75. The minimum atomic E-state index is -0.741. The predicted molar refractivity (Wildman–Crippen MR) is 102 cm³/mol. The zero-order valence-electron chi connectivity index (χ0n) is 15.1. The largest absolute Gasteiger partial charge is 0.355 e. The van der Waals surface area contributed by atoms with Gasteiger partial charge < -0.3 is 5.32 Å². The number of carbonyl (C=O) groups is 1. The molecule has 0 atom stereocenters. The zero-order valence-corrected chi connectivity index (χ0v) is 15.1. The molecule has 3 aromatic rings. The minimum absolute atomic E-state index is 0.202. The summed E-state index contributed by atoms with van der Waals surface area (Å²) in [6, 6.07) is 6.90.